The second-order valence-electron chi connectivity index (χ2n) is 4.49. The van der Waals surface area contributed by atoms with E-state index in [9.17, 15) is 0 Å². The van der Waals surface area contributed by atoms with E-state index < -0.39 is 0 Å². The fourth-order valence-corrected chi connectivity index (χ4v) is 2.21. The second kappa shape index (κ2) is 5.30. The lowest BCUT2D eigenvalue weighted by Gasteiger charge is -2.11. The Balaban J connectivity index is 1.93. The molecular formula is C15H16N4O. The molecule has 2 heterocycles. The Morgan fingerprint density at radius 1 is 1.25 bits per heavy atom. The molecule has 0 bridgehead atoms. The molecule has 2 N–H and O–H groups in total. The third kappa shape index (κ3) is 2.23. The molecule has 3 rings (SSSR count). The summed E-state index contributed by atoms with van der Waals surface area (Å²) in [7, 11) is 0. The third-order valence-electron chi connectivity index (χ3n) is 3.24. The van der Waals surface area contributed by atoms with Crippen LogP contribution in [-0.4, -0.2) is 21.2 Å². The maximum Gasteiger partial charge on any atom is 0.119 e. The first-order valence-electron chi connectivity index (χ1n) is 6.55. The Morgan fingerprint density at radius 3 is 2.80 bits per heavy atom. The van der Waals surface area contributed by atoms with E-state index in [4.69, 9.17) is 10.5 Å². The van der Waals surface area contributed by atoms with E-state index in [1.54, 1.807) is 23.1 Å². The smallest absolute Gasteiger partial charge is 0.119 e. The van der Waals surface area contributed by atoms with Gasteiger partial charge in [-0.1, -0.05) is 12.1 Å². The summed E-state index contributed by atoms with van der Waals surface area (Å²) in [4.78, 5) is 4.12. The second-order valence-corrected chi connectivity index (χ2v) is 4.49. The molecule has 0 aliphatic carbocycles. The lowest BCUT2D eigenvalue weighted by molar-refractivity contribution is 0.340. The average molecular weight is 268 g/mol. The van der Waals surface area contributed by atoms with Crippen molar-refractivity contribution in [2.45, 2.75) is 13.0 Å². The van der Waals surface area contributed by atoms with Crippen molar-refractivity contribution in [1.82, 2.24) is 14.6 Å². The van der Waals surface area contributed by atoms with E-state index in [0.29, 0.717) is 6.61 Å². The largest absolute Gasteiger partial charge is 0.494 e. The van der Waals surface area contributed by atoms with Gasteiger partial charge in [-0.15, -0.1) is 0 Å². The number of benzene rings is 1. The van der Waals surface area contributed by atoms with Gasteiger partial charge >= 0.3 is 0 Å². The lowest BCUT2D eigenvalue weighted by Crippen LogP contribution is -2.11. The quantitative estimate of drug-likeness (QED) is 0.787. The maximum atomic E-state index is 6.33. The van der Waals surface area contributed by atoms with Crippen LogP contribution in [0.2, 0.25) is 0 Å². The zero-order chi connectivity index (χ0) is 13.9. The standard InChI is InChI=1S/C15H16N4O/c1-2-20-12-5-3-11(4-6-12)15(16)13-9-18-19-8-7-17-10-14(13)19/h3-10,15H,2,16H2,1H3. The molecule has 1 unspecified atom stereocenters. The van der Waals surface area contributed by atoms with E-state index in [-0.39, 0.29) is 6.04 Å². The Hall–Kier alpha value is -2.40. The van der Waals surface area contributed by atoms with E-state index in [0.717, 1.165) is 22.4 Å². The topological polar surface area (TPSA) is 65.4 Å². The van der Waals surface area contributed by atoms with Crippen LogP contribution < -0.4 is 10.5 Å². The van der Waals surface area contributed by atoms with Crippen molar-refractivity contribution in [1.29, 1.82) is 0 Å². The van der Waals surface area contributed by atoms with Gasteiger partial charge in [0.25, 0.3) is 0 Å². The molecule has 0 saturated heterocycles. The van der Waals surface area contributed by atoms with Crippen LogP contribution in [0.15, 0.2) is 49.1 Å². The van der Waals surface area contributed by atoms with Gasteiger partial charge in [-0.2, -0.15) is 5.10 Å². The van der Waals surface area contributed by atoms with Gasteiger partial charge in [0.1, 0.15) is 5.75 Å². The van der Waals surface area contributed by atoms with Crippen molar-refractivity contribution in [3.63, 3.8) is 0 Å². The summed E-state index contributed by atoms with van der Waals surface area (Å²) in [5.41, 5.74) is 9.23. The van der Waals surface area contributed by atoms with Gasteiger partial charge in [-0.3, -0.25) is 4.98 Å². The molecule has 0 saturated carbocycles. The number of nitrogens with zero attached hydrogens (tertiary/aromatic N) is 3. The Labute approximate surface area is 117 Å². The van der Waals surface area contributed by atoms with Crippen LogP contribution in [-0.2, 0) is 0 Å². The molecule has 1 atom stereocenters. The summed E-state index contributed by atoms with van der Waals surface area (Å²) in [5.74, 6) is 0.852. The summed E-state index contributed by atoms with van der Waals surface area (Å²) in [6.45, 7) is 2.62. The average Bonchev–Trinajstić information content (AvgIpc) is 2.92. The summed E-state index contributed by atoms with van der Waals surface area (Å²) in [6, 6.07) is 7.60. The molecule has 1 aromatic carbocycles. The lowest BCUT2D eigenvalue weighted by atomic mass is 10.0. The van der Waals surface area contributed by atoms with Gasteiger partial charge < -0.3 is 10.5 Å². The van der Waals surface area contributed by atoms with Crippen LogP contribution >= 0.6 is 0 Å². The molecule has 102 valence electrons. The van der Waals surface area contributed by atoms with Crippen LogP contribution in [0.5, 0.6) is 5.75 Å². The minimum absolute atomic E-state index is 0.229. The molecular weight excluding hydrogens is 252 g/mol. The highest BCUT2D eigenvalue weighted by Gasteiger charge is 2.14. The number of rotatable bonds is 4. The van der Waals surface area contributed by atoms with Gasteiger partial charge in [0.2, 0.25) is 0 Å². The number of fused-ring (bicyclic) bond motifs is 1. The molecule has 0 aliphatic heterocycles. The molecule has 5 heteroatoms. The van der Waals surface area contributed by atoms with Crippen LogP contribution in [0.3, 0.4) is 0 Å². The number of aromatic nitrogens is 3. The molecule has 5 nitrogen and oxygen atoms in total. The third-order valence-corrected chi connectivity index (χ3v) is 3.24. The summed E-state index contributed by atoms with van der Waals surface area (Å²) < 4.78 is 7.21. The predicted octanol–water partition coefficient (Wildman–Crippen LogP) is 2.18. The Bertz CT molecular complexity index is 705. The monoisotopic (exact) mass is 268 g/mol. The van der Waals surface area contributed by atoms with Crippen molar-refractivity contribution in [3.8, 4) is 5.75 Å². The molecule has 20 heavy (non-hydrogen) atoms. The van der Waals surface area contributed by atoms with E-state index in [2.05, 4.69) is 10.1 Å². The SMILES string of the molecule is CCOc1ccc(C(N)c2cnn3ccncc23)cc1. The Morgan fingerprint density at radius 2 is 2.05 bits per heavy atom. The highest BCUT2D eigenvalue weighted by atomic mass is 16.5. The highest BCUT2D eigenvalue weighted by molar-refractivity contribution is 5.55. The summed E-state index contributed by atoms with van der Waals surface area (Å²) in [6.07, 6.45) is 7.07. The maximum absolute atomic E-state index is 6.33. The van der Waals surface area contributed by atoms with Crippen LogP contribution in [0.4, 0.5) is 0 Å². The van der Waals surface area contributed by atoms with Gasteiger partial charge in [0, 0.05) is 18.0 Å². The fraction of sp³-hybridized carbons (Fsp3) is 0.200. The van der Waals surface area contributed by atoms with Crippen molar-refractivity contribution < 1.29 is 4.74 Å². The minimum atomic E-state index is -0.229. The van der Waals surface area contributed by atoms with Crippen molar-refractivity contribution in [2.24, 2.45) is 5.73 Å². The van der Waals surface area contributed by atoms with E-state index >= 15 is 0 Å². The first-order chi connectivity index (χ1) is 9.79. The number of nitrogens with two attached hydrogens (primary N) is 1. The van der Waals surface area contributed by atoms with Crippen LogP contribution in [0.25, 0.3) is 5.52 Å². The molecule has 0 spiro atoms. The van der Waals surface area contributed by atoms with Crippen molar-refractivity contribution in [3.05, 3.63) is 60.2 Å². The van der Waals surface area contributed by atoms with Gasteiger partial charge in [0.05, 0.1) is 30.6 Å². The predicted molar refractivity (Wildman–Crippen MR) is 76.6 cm³/mol. The zero-order valence-corrected chi connectivity index (χ0v) is 11.2. The molecule has 3 aromatic rings. The minimum Gasteiger partial charge on any atom is -0.494 e. The Kier molecular flexibility index (Phi) is 3.35. The van der Waals surface area contributed by atoms with Gasteiger partial charge in [-0.05, 0) is 24.6 Å². The van der Waals surface area contributed by atoms with Crippen LogP contribution in [0.1, 0.15) is 24.1 Å². The zero-order valence-electron chi connectivity index (χ0n) is 11.2. The molecule has 0 aliphatic rings. The summed E-state index contributed by atoms with van der Waals surface area (Å²) in [5, 5.41) is 4.28. The van der Waals surface area contributed by atoms with Crippen LogP contribution in [0, 0.1) is 0 Å². The first-order valence-corrected chi connectivity index (χ1v) is 6.55. The first kappa shape index (κ1) is 12.6. The highest BCUT2D eigenvalue weighted by Crippen LogP contribution is 2.24. The van der Waals surface area contributed by atoms with Crippen molar-refractivity contribution in [2.75, 3.05) is 6.61 Å². The van der Waals surface area contributed by atoms with E-state index in [1.165, 1.54) is 0 Å². The van der Waals surface area contributed by atoms with E-state index in [1.807, 2.05) is 37.4 Å². The molecule has 2 aromatic heterocycles. The molecule has 0 radical (unpaired) electrons. The molecule has 0 amide bonds. The van der Waals surface area contributed by atoms with Gasteiger partial charge in [0.15, 0.2) is 0 Å². The number of ether oxygens (including phenoxy) is 1. The molecule has 0 fully saturated rings. The van der Waals surface area contributed by atoms with Gasteiger partial charge in [-0.25, -0.2) is 4.52 Å². The fourth-order valence-electron chi connectivity index (χ4n) is 2.21. The summed E-state index contributed by atoms with van der Waals surface area (Å²) >= 11 is 0. The number of hydrogen-bond donors (Lipinski definition) is 1. The van der Waals surface area contributed by atoms with Crippen molar-refractivity contribution >= 4 is 5.52 Å². The number of hydrogen-bond acceptors (Lipinski definition) is 4. The normalized spacial score (nSPS) is 12.5.